The van der Waals surface area contributed by atoms with E-state index in [9.17, 15) is 19.7 Å². The van der Waals surface area contributed by atoms with Crippen LogP contribution in [0, 0.1) is 23.0 Å². The fourth-order valence-electron chi connectivity index (χ4n) is 3.61. The van der Waals surface area contributed by atoms with Crippen molar-refractivity contribution in [3.63, 3.8) is 0 Å². The number of aromatic carboxylic acids is 1. The molecular formula is C22H24N4O5S. The van der Waals surface area contributed by atoms with Crippen LogP contribution in [-0.4, -0.2) is 40.1 Å². The van der Waals surface area contributed by atoms with Gasteiger partial charge in [0.1, 0.15) is 0 Å². The maximum absolute atomic E-state index is 13.0. The summed E-state index contributed by atoms with van der Waals surface area (Å²) >= 11 is 5.25. The van der Waals surface area contributed by atoms with Gasteiger partial charge in [0.15, 0.2) is 5.11 Å². The molecule has 1 heterocycles. The SMILES string of the molecule is Cc1cc(C(=O)O)ccc1NC(=S)NC(=O)c1cc([N+](=O)[O-])ccc1N1CCC(C)CC1. The van der Waals surface area contributed by atoms with E-state index >= 15 is 0 Å². The van der Waals surface area contributed by atoms with Crippen molar-refractivity contribution >= 4 is 46.3 Å². The molecule has 3 N–H and O–H groups in total. The maximum atomic E-state index is 13.0. The standard InChI is InChI=1S/C22H24N4O5S/c1-13-7-9-25(10-8-13)19-6-4-16(26(30)31)12-17(19)20(27)24-22(32)23-18-5-3-15(21(28)29)11-14(18)2/h3-6,11-13H,7-10H2,1-2H3,(H,28,29)(H2,23,24,27,32). The van der Waals surface area contributed by atoms with E-state index in [0.29, 0.717) is 22.9 Å². The Morgan fingerprint density at radius 1 is 1.19 bits per heavy atom. The largest absolute Gasteiger partial charge is 0.478 e. The Hall–Kier alpha value is -3.53. The first-order valence-corrected chi connectivity index (χ1v) is 10.6. The van der Waals surface area contributed by atoms with Gasteiger partial charge in [-0.2, -0.15) is 0 Å². The molecule has 1 fully saturated rings. The summed E-state index contributed by atoms with van der Waals surface area (Å²) in [4.78, 5) is 36.9. The van der Waals surface area contributed by atoms with Gasteiger partial charge in [-0.1, -0.05) is 6.92 Å². The van der Waals surface area contributed by atoms with E-state index in [1.165, 1.54) is 24.3 Å². The van der Waals surface area contributed by atoms with E-state index in [1.54, 1.807) is 19.1 Å². The van der Waals surface area contributed by atoms with Crippen LogP contribution in [-0.2, 0) is 0 Å². The van der Waals surface area contributed by atoms with E-state index in [0.717, 1.165) is 25.9 Å². The van der Waals surface area contributed by atoms with Crippen molar-refractivity contribution in [2.45, 2.75) is 26.7 Å². The van der Waals surface area contributed by atoms with E-state index in [2.05, 4.69) is 22.5 Å². The Morgan fingerprint density at radius 2 is 1.88 bits per heavy atom. The minimum atomic E-state index is -1.04. The molecular weight excluding hydrogens is 432 g/mol. The topological polar surface area (TPSA) is 125 Å². The molecule has 0 atom stereocenters. The number of nitro groups is 1. The number of non-ortho nitro benzene ring substituents is 1. The summed E-state index contributed by atoms with van der Waals surface area (Å²) in [5.41, 5.74) is 1.95. The van der Waals surface area contributed by atoms with Gasteiger partial charge in [-0.15, -0.1) is 0 Å². The number of nitrogens with zero attached hydrogens (tertiary/aromatic N) is 2. The third kappa shape index (κ3) is 5.38. The minimum Gasteiger partial charge on any atom is -0.478 e. The average Bonchev–Trinajstić information content (AvgIpc) is 2.75. The number of nitrogens with one attached hydrogen (secondary N) is 2. The Morgan fingerprint density at radius 3 is 2.47 bits per heavy atom. The zero-order valence-corrected chi connectivity index (χ0v) is 18.6. The number of amides is 1. The van der Waals surface area contributed by atoms with Crippen molar-refractivity contribution in [1.82, 2.24) is 5.32 Å². The maximum Gasteiger partial charge on any atom is 0.335 e. The molecule has 3 rings (SSSR count). The second kappa shape index (κ2) is 9.73. The predicted octanol–water partition coefficient (Wildman–Crippen LogP) is 3.96. The molecule has 10 heteroatoms. The summed E-state index contributed by atoms with van der Waals surface area (Å²) in [5.74, 6) is -1.01. The Kier molecular flexibility index (Phi) is 7.04. The van der Waals surface area contributed by atoms with Gasteiger partial charge in [0.2, 0.25) is 0 Å². The second-order valence-electron chi connectivity index (χ2n) is 7.87. The number of nitro benzene ring substituents is 1. The fraction of sp³-hybridized carbons (Fsp3) is 0.318. The van der Waals surface area contributed by atoms with E-state index in [1.807, 2.05) is 0 Å². The lowest BCUT2D eigenvalue weighted by atomic mass is 9.98. The zero-order valence-electron chi connectivity index (χ0n) is 17.8. The Bertz CT molecular complexity index is 1080. The minimum absolute atomic E-state index is 0.00546. The number of carbonyl (C=O) groups excluding carboxylic acids is 1. The Balaban J connectivity index is 1.80. The summed E-state index contributed by atoms with van der Waals surface area (Å²) < 4.78 is 0. The van der Waals surface area contributed by atoms with E-state index in [4.69, 9.17) is 17.3 Å². The van der Waals surface area contributed by atoms with Crippen LogP contribution < -0.4 is 15.5 Å². The normalized spacial score (nSPS) is 14.0. The number of carboxylic acids is 1. The van der Waals surface area contributed by atoms with Crippen LogP contribution in [0.25, 0.3) is 0 Å². The highest BCUT2D eigenvalue weighted by molar-refractivity contribution is 7.80. The first-order chi connectivity index (χ1) is 15.2. The molecule has 1 saturated heterocycles. The quantitative estimate of drug-likeness (QED) is 0.351. The highest BCUT2D eigenvalue weighted by Crippen LogP contribution is 2.29. The van der Waals surface area contributed by atoms with Crippen LogP contribution in [0.2, 0.25) is 0 Å². The number of rotatable bonds is 5. The molecule has 2 aromatic rings. The highest BCUT2D eigenvalue weighted by Gasteiger charge is 2.24. The summed E-state index contributed by atoms with van der Waals surface area (Å²) in [5, 5.41) is 25.8. The number of thiocarbonyl (C=S) groups is 1. The third-order valence-electron chi connectivity index (χ3n) is 5.51. The van der Waals surface area contributed by atoms with E-state index in [-0.39, 0.29) is 21.9 Å². The van der Waals surface area contributed by atoms with Gasteiger partial charge in [-0.05, 0) is 67.7 Å². The first-order valence-electron chi connectivity index (χ1n) is 10.2. The van der Waals surface area contributed by atoms with Crippen LogP contribution >= 0.6 is 12.2 Å². The van der Waals surface area contributed by atoms with Crippen molar-refractivity contribution < 1.29 is 19.6 Å². The summed E-state index contributed by atoms with van der Waals surface area (Å²) in [6.07, 6.45) is 1.95. The number of aryl methyl sites for hydroxylation is 1. The van der Waals surface area contributed by atoms with Gasteiger partial charge in [-0.25, -0.2) is 4.79 Å². The number of piperidine rings is 1. The molecule has 0 aromatic heterocycles. The van der Waals surface area contributed by atoms with Gasteiger partial charge < -0.3 is 15.3 Å². The molecule has 0 spiro atoms. The van der Waals surface area contributed by atoms with Crippen molar-refractivity contribution in [3.05, 3.63) is 63.2 Å². The number of benzene rings is 2. The number of carbonyl (C=O) groups is 2. The average molecular weight is 457 g/mol. The highest BCUT2D eigenvalue weighted by atomic mass is 32.1. The summed E-state index contributed by atoms with van der Waals surface area (Å²) in [7, 11) is 0. The smallest absolute Gasteiger partial charge is 0.335 e. The molecule has 0 aliphatic carbocycles. The summed E-state index contributed by atoms with van der Waals surface area (Å²) in [6, 6.07) is 8.74. The molecule has 0 radical (unpaired) electrons. The predicted molar refractivity (Wildman–Crippen MR) is 126 cm³/mol. The van der Waals surface area contributed by atoms with E-state index < -0.39 is 16.8 Å². The molecule has 168 valence electrons. The van der Waals surface area contributed by atoms with Crippen molar-refractivity contribution in [3.8, 4) is 0 Å². The first kappa shape index (κ1) is 23.1. The van der Waals surface area contributed by atoms with Crippen molar-refractivity contribution in [2.75, 3.05) is 23.3 Å². The van der Waals surface area contributed by atoms with Crippen LogP contribution in [0.1, 0.15) is 46.0 Å². The molecule has 2 aromatic carbocycles. The molecule has 1 amide bonds. The number of anilines is 2. The van der Waals surface area contributed by atoms with Crippen LogP contribution in [0.5, 0.6) is 0 Å². The van der Waals surface area contributed by atoms with Crippen LogP contribution in [0.15, 0.2) is 36.4 Å². The monoisotopic (exact) mass is 456 g/mol. The fourth-order valence-corrected chi connectivity index (χ4v) is 3.81. The van der Waals surface area contributed by atoms with Crippen LogP contribution in [0.3, 0.4) is 0 Å². The van der Waals surface area contributed by atoms with Crippen molar-refractivity contribution in [2.24, 2.45) is 5.92 Å². The van der Waals surface area contributed by atoms with Gasteiger partial charge in [0, 0.05) is 30.9 Å². The lowest BCUT2D eigenvalue weighted by Crippen LogP contribution is -2.37. The van der Waals surface area contributed by atoms with Gasteiger partial charge in [-0.3, -0.25) is 20.2 Å². The molecule has 0 unspecified atom stereocenters. The molecule has 0 bridgehead atoms. The third-order valence-corrected chi connectivity index (χ3v) is 5.71. The van der Waals surface area contributed by atoms with Gasteiger partial charge in [0.25, 0.3) is 11.6 Å². The molecule has 0 saturated carbocycles. The van der Waals surface area contributed by atoms with Gasteiger partial charge in [0.05, 0.1) is 21.7 Å². The molecule has 9 nitrogen and oxygen atoms in total. The number of hydrogen-bond donors (Lipinski definition) is 3. The molecule has 32 heavy (non-hydrogen) atoms. The molecule has 1 aliphatic rings. The van der Waals surface area contributed by atoms with Gasteiger partial charge >= 0.3 is 5.97 Å². The second-order valence-corrected chi connectivity index (χ2v) is 8.28. The zero-order chi connectivity index (χ0) is 23.4. The summed E-state index contributed by atoms with van der Waals surface area (Å²) in [6.45, 7) is 5.42. The Labute approximate surface area is 190 Å². The number of carboxylic acid groups (broad SMARTS) is 1. The lowest BCUT2D eigenvalue weighted by Gasteiger charge is -2.33. The van der Waals surface area contributed by atoms with Crippen LogP contribution in [0.4, 0.5) is 17.1 Å². The number of hydrogen-bond acceptors (Lipinski definition) is 6. The lowest BCUT2D eigenvalue weighted by molar-refractivity contribution is -0.384. The molecule has 1 aliphatic heterocycles. The van der Waals surface area contributed by atoms with Crippen molar-refractivity contribution in [1.29, 1.82) is 0 Å².